The fraction of sp³-hybridized carbons (Fsp3) is 0.667. The summed E-state index contributed by atoms with van der Waals surface area (Å²) in [7, 11) is 1.66. The third-order valence-electron chi connectivity index (χ3n) is 1.56. The average Bonchev–Trinajstić information content (AvgIpc) is 2.03. The van der Waals surface area contributed by atoms with Gasteiger partial charge < -0.3 is 9.84 Å². The van der Waals surface area contributed by atoms with Crippen LogP contribution in [0.4, 0.5) is 0 Å². The van der Waals surface area contributed by atoms with E-state index >= 15 is 0 Å². The predicted octanol–water partition coefficient (Wildman–Crippen LogP) is 1.83. The lowest BCUT2D eigenvalue weighted by Gasteiger charge is -2.03. The highest BCUT2D eigenvalue weighted by molar-refractivity contribution is 5.66. The van der Waals surface area contributed by atoms with E-state index in [1.54, 1.807) is 7.11 Å². The standard InChI is InChI=1S/C9H16O3/c1-8(12-2)6-4-3-5-7-9(10)11/h3-4,8H,5-7H2,1-2H3,(H,10,11). The second-order valence-corrected chi connectivity index (χ2v) is 2.69. The Bertz CT molecular complexity index is 152. The maximum atomic E-state index is 10.1. The van der Waals surface area contributed by atoms with Gasteiger partial charge in [-0.25, -0.2) is 0 Å². The molecule has 0 saturated heterocycles. The van der Waals surface area contributed by atoms with Gasteiger partial charge in [0, 0.05) is 13.5 Å². The Balaban J connectivity index is 3.31. The van der Waals surface area contributed by atoms with Crippen molar-refractivity contribution in [2.75, 3.05) is 7.11 Å². The Kier molecular flexibility index (Phi) is 6.38. The molecule has 0 aliphatic carbocycles. The number of ether oxygens (including phenoxy) is 1. The topological polar surface area (TPSA) is 46.5 Å². The maximum absolute atomic E-state index is 10.1. The predicted molar refractivity (Wildman–Crippen MR) is 47.1 cm³/mol. The number of aliphatic carboxylic acids is 1. The molecule has 0 saturated carbocycles. The van der Waals surface area contributed by atoms with Gasteiger partial charge in [0.15, 0.2) is 0 Å². The van der Waals surface area contributed by atoms with Gasteiger partial charge in [0.05, 0.1) is 6.10 Å². The number of allylic oxidation sites excluding steroid dienone is 1. The van der Waals surface area contributed by atoms with Crippen molar-refractivity contribution in [3.63, 3.8) is 0 Å². The van der Waals surface area contributed by atoms with E-state index in [0.717, 1.165) is 6.42 Å². The number of carbonyl (C=O) groups is 1. The van der Waals surface area contributed by atoms with Crippen LogP contribution in [0.25, 0.3) is 0 Å². The largest absolute Gasteiger partial charge is 0.481 e. The normalized spacial score (nSPS) is 13.5. The number of hydrogen-bond acceptors (Lipinski definition) is 2. The first-order valence-corrected chi connectivity index (χ1v) is 4.06. The van der Waals surface area contributed by atoms with Crippen molar-refractivity contribution in [1.82, 2.24) is 0 Å². The van der Waals surface area contributed by atoms with Gasteiger partial charge in [-0.15, -0.1) is 0 Å². The summed E-state index contributed by atoms with van der Waals surface area (Å²) in [6.45, 7) is 1.97. The minimum absolute atomic E-state index is 0.206. The highest BCUT2D eigenvalue weighted by atomic mass is 16.5. The molecule has 1 unspecified atom stereocenters. The molecule has 70 valence electrons. The van der Waals surface area contributed by atoms with Crippen LogP contribution < -0.4 is 0 Å². The van der Waals surface area contributed by atoms with Crippen LogP contribution in [0.5, 0.6) is 0 Å². The fourth-order valence-corrected chi connectivity index (χ4v) is 0.709. The molecular formula is C9H16O3. The van der Waals surface area contributed by atoms with Crippen LogP contribution in [0.2, 0.25) is 0 Å². The van der Waals surface area contributed by atoms with Crippen molar-refractivity contribution in [1.29, 1.82) is 0 Å². The van der Waals surface area contributed by atoms with E-state index in [1.807, 2.05) is 19.1 Å². The van der Waals surface area contributed by atoms with Gasteiger partial charge in [0.25, 0.3) is 0 Å². The number of methoxy groups -OCH3 is 1. The van der Waals surface area contributed by atoms with Crippen molar-refractivity contribution >= 4 is 5.97 Å². The van der Waals surface area contributed by atoms with Crippen LogP contribution in [0, 0.1) is 0 Å². The van der Waals surface area contributed by atoms with E-state index in [2.05, 4.69) is 0 Å². The molecule has 3 nitrogen and oxygen atoms in total. The summed E-state index contributed by atoms with van der Waals surface area (Å²) < 4.78 is 5.01. The van der Waals surface area contributed by atoms with Crippen LogP contribution in [0.3, 0.4) is 0 Å². The number of rotatable bonds is 6. The van der Waals surface area contributed by atoms with Gasteiger partial charge in [-0.3, -0.25) is 4.79 Å². The Morgan fingerprint density at radius 2 is 2.25 bits per heavy atom. The zero-order valence-corrected chi connectivity index (χ0v) is 7.62. The summed E-state index contributed by atoms with van der Waals surface area (Å²) in [5.74, 6) is -0.751. The minimum Gasteiger partial charge on any atom is -0.481 e. The summed E-state index contributed by atoms with van der Waals surface area (Å²) >= 11 is 0. The lowest BCUT2D eigenvalue weighted by atomic mass is 10.2. The van der Waals surface area contributed by atoms with Gasteiger partial charge >= 0.3 is 5.97 Å². The zero-order valence-electron chi connectivity index (χ0n) is 7.62. The molecule has 1 N–H and O–H groups in total. The molecule has 3 heteroatoms. The second kappa shape index (κ2) is 6.85. The van der Waals surface area contributed by atoms with Crippen LogP contribution in [-0.4, -0.2) is 24.3 Å². The SMILES string of the molecule is COC(C)CC=CCCC(=O)O. The number of carboxylic acids is 1. The molecule has 1 atom stereocenters. The molecule has 12 heavy (non-hydrogen) atoms. The molecule has 0 aromatic carbocycles. The first kappa shape index (κ1) is 11.2. The van der Waals surface area contributed by atoms with Gasteiger partial charge in [0.2, 0.25) is 0 Å². The van der Waals surface area contributed by atoms with E-state index < -0.39 is 5.97 Å². The van der Waals surface area contributed by atoms with E-state index in [-0.39, 0.29) is 12.5 Å². The van der Waals surface area contributed by atoms with Gasteiger partial charge in [-0.1, -0.05) is 12.2 Å². The van der Waals surface area contributed by atoms with E-state index in [9.17, 15) is 4.79 Å². The molecule has 0 amide bonds. The lowest BCUT2D eigenvalue weighted by molar-refractivity contribution is -0.136. The van der Waals surface area contributed by atoms with Crippen molar-refractivity contribution in [3.05, 3.63) is 12.2 Å². The molecule has 0 aliphatic rings. The molecule has 0 fully saturated rings. The monoisotopic (exact) mass is 172 g/mol. The van der Waals surface area contributed by atoms with Crippen LogP contribution in [0.15, 0.2) is 12.2 Å². The molecule has 0 spiro atoms. The van der Waals surface area contributed by atoms with Crippen molar-refractivity contribution < 1.29 is 14.6 Å². The van der Waals surface area contributed by atoms with Crippen molar-refractivity contribution in [3.8, 4) is 0 Å². The third kappa shape index (κ3) is 7.28. The molecule has 0 heterocycles. The maximum Gasteiger partial charge on any atom is 0.303 e. The summed E-state index contributed by atoms with van der Waals surface area (Å²) in [5, 5.41) is 8.31. The Labute approximate surface area is 73.0 Å². The minimum atomic E-state index is -0.751. The first-order chi connectivity index (χ1) is 5.66. The number of carboxylic acid groups (broad SMARTS) is 1. The molecule has 0 aromatic heterocycles. The third-order valence-corrected chi connectivity index (χ3v) is 1.56. The zero-order chi connectivity index (χ0) is 9.40. The molecule has 0 bridgehead atoms. The summed E-state index contributed by atoms with van der Waals surface area (Å²) in [5.41, 5.74) is 0. The molecule has 0 radical (unpaired) electrons. The lowest BCUT2D eigenvalue weighted by Crippen LogP contribution is -2.01. The van der Waals surface area contributed by atoms with Gasteiger partial charge in [-0.05, 0) is 19.8 Å². The highest BCUT2D eigenvalue weighted by Gasteiger charge is 1.94. The quantitative estimate of drug-likeness (QED) is 0.622. The van der Waals surface area contributed by atoms with E-state index in [1.165, 1.54) is 0 Å². The summed E-state index contributed by atoms with van der Waals surface area (Å²) in [4.78, 5) is 10.1. The second-order valence-electron chi connectivity index (χ2n) is 2.69. The Morgan fingerprint density at radius 3 is 2.75 bits per heavy atom. The van der Waals surface area contributed by atoms with Crippen molar-refractivity contribution in [2.45, 2.75) is 32.3 Å². The van der Waals surface area contributed by atoms with E-state index in [0.29, 0.717) is 6.42 Å². The van der Waals surface area contributed by atoms with E-state index in [4.69, 9.17) is 9.84 Å². The summed E-state index contributed by atoms with van der Waals surface area (Å²) in [6.07, 6.45) is 5.70. The van der Waals surface area contributed by atoms with Crippen LogP contribution in [0.1, 0.15) is 26.2 Å². The van der Waals surface area contributed by atoms with Crippen LogP contribution >= 0.6 is 0 Å². The molecular weight excluding hydrogens is 156 g/mol. The van der Waals surface area contributed by atoms with Gasteiger partial charge in [-0.2, -0.15) is 0 Å². The highest BCUT2D eigenvalue weighted by Crippen LogP contribution is 1.98. The van der Waals surface area contributed by atoms with Gasteiger partial charge in [0.1, 0.15) is 0 Å². The Hall–Kier alpha value is -0.830. The van der Waals surface area contributed by atoms with Crippen molar-refractivity contribution in [2.24, 2.45) is 0 Å². The first-order valence-electron chi connectivity index (χ1n) is 4.06. The molecule has 0 aliphatic heterocycles. The smallest absolute Gasteiger partial charge is 0.303 e. The number of hydrogen-bond donors (Lipinski definition) is 1. The van der Waals surface area contributed by atoms with Crippen LogP contribution in [-0.2, 0) is 9.53 Å². The summed E-state index contributed by atoms with van der Waals surface area (Å²) in [6, 6.07) is 0. The molecule has 0 rings (SSSR count). The fourth-order valence-electron chi connectivity index (χ4n) is 0.709. The molecule has 0 aromatic rings. The Morgan fingerprint density at radius 1 is 1.58 bits per heavy atom. The average molecular weight is 172 g/mol.